The van der Waals surface area contributed by atoms with Gasteiger partial charge in [-0.1, -0.05) is 12.1 Å². The molecule has 0 aromatic heterocycles. The lowest BCUT2D eigenvalue weighted by atomic mass is 9.99. The number of aliphatic hydroxyl groups excluding tert-OH is 4. The Morgan fingerprint density at radius 3 is 2.39 bits per heavy atom. The predicted octanol–water partition coefficient (Wildman–Crippen LogP) is -0.668. The predicted molar refractivity (Wildman–Crippen MR) is 122 cm³/mol. The Kier molecular flexibility index (Phi) is 7.15. The van der Waals surface area contributed by atoms with Gasteiger partial charge in [-0.25, -0.2) is 4.79 Å². The number of nitrogens with zero attached hydrogens (tertiary/aromatic N) is 1. The number of amides is 1. The van der Waals surface area contributed by atoms with E-state index in [9.17, 15) is 45.3 Å². The Bertz CT molecular complexity index is 1160. The zero-order valence-corrected chi connectivity index (χ0v) is 18.7. The Morgan fingerprint density at radius 2 is 1.75 bits per heavy atom. The van der Waals surface area contributed by atoms with E-state index in [0.29, 0.717) is 11.1 Å². The van der Waals surface area contributed by atoms with Crippen LogP contribution >= 0.6 is 0 Å². The number of carboxylic acids is 1. The van der Waals surface area contributed by atoms with Crippen LogP contribution in [-0.4, -0.2) is 91.0 Å². The Morgan fingerprint density at radius 1 is 1.06 bits per heavy atom. The molecule has 1 saturated heterocycles. The highest BCUT2D eigenvalue weighted by atomic mass is 16.7. The minimum absolute atomic E-state index is 0.0460. The molecule has 1 amide bonds. The van der Waals surface area contributed by atoms with Crippen molar-refractivity contribution in [3.05, 3.63) is 53.6 Å². The maximum Gasteiger partial charge on any atom is 0.327 e. The van der Waals surface area contributed by atoms with Crippen molar-refractivity contribution in [2.24, 2.45) is 0 Å². The third-order valence-corrected chi connectivity index (χ3v) is 6.07. The van der Waals surface area contributed by atoms with Crippen molar-refractivity contribution < 1.29 is 54.8 Å². The first-order valence-corrected chi connectivity index (χ1v) is 11.0. The van der Waals surface area contributed by atoms with E-state index in [1.54, 1.807) is 12.1 Å². The van der Waals surface area contributed by atoms with Gasteiger partial charge in [0.15, 0.2) is 11.5 Å². The van der Waals surface area contributed by atoms with Crippen LogP contribution in [0.3, 0.4) is 0 Å². The number of rotatable bonds is 6. The molecule has 2 aliphatic heterocycles. The van der Waals surface area contributed by atoms with Crippen molar-refractivity contribution in [1.82, 2.24) is 0 Å². The van der Waals surface area contributed by atoms with Gasteiger partial charge >= 0.3 is 5.97 Å². The second-order valence-corrected chi connectivity index (χ2v) is 8.46. The van der Waals surface area contributed by atoms with E-state index in [-0.39, 0.29) is 23.6 Å². The number of carbonyl (C=O) groups excluding carboxylic acids is 1. The summed E-state index contributed by atoms with van der Waals surface area (Å²) < 4.78 is 10.8. The quantitative estimate of drug-likeness (QED) is 0.247. The zero-order valence-electron chi connectivity index (χ0n) is 18.7. The van der Waals surface area contributed by atoms with Crippen molar-refractivity contribution >= 4 is 23.6 Å². The van der Waals surface area contributed by atoms with Crippen LogP contribution in [-0.2, 0) is 20.7 Å². The van der Waals surface area contributed by atoms with Crippen molar-refractivity contribution in [3.8, 4) is 17.2 Å². The summed E-state index contributed by atoms with van der Waals surface area (Å²) in [5.74, 6) is -2.62. The molecular weight excluding hydrogens is 478 g/mol. The molecule has 0 aliphatic carbocycles. The van der Waals surface area contributed by atoms with Crippen molar-refractivity contribution in [1.29, 1.82) is 0 Å². The molecule has 4 rings (SSSR count). The number of aliphatic carboxylic acids is 1. The summed E-state index contributed by atoms with van der Waals surface area (Å²) in [6.07, 6.45) is -5.37. The van der Waals surface area contributed by atoms with Crippen molar-refractivity contribution in [2.45, 2.75) is 43.2 Å². The highest BCUT2D eigenvalue weighted by Gasteiger charge is 2.45. The molecule has 2 heterocycles. The summed E-state index contributed by atoms with van der Waals surface area (Å²) in [6, 6.07) is 7.16. The molecule has 1 fully saturated rings. The number of ether oxygens (including phenoxy) is 2. The van der Waals surface area contributed by atoms with Crippen LogP contribution < -0.4 is 9.64 Å². The van der Waals surface area contributed by atoms with E-state index in [2.05, 4.69) is 0 Å². The summed E-state index contributed by atoms with van der Waals surface area (Å²) in [4.78, 5) is 25.9. The second-order valence-electron chi connectivity index (χ2n) is 8.46. The number of aromatic hydroxyl groups is 2. The van der Waals surface area contributed by atoms with E-state index < -0.39 is 61.0 Å². The first kappa shape index (κ1) is 25.4. The molecule has 2 aromatic carbocycles. The van der Waals surface area contributed by atoms with Crippen molar-refractivity contribution in [2.75, 3.05) is 11.5 Å². The van der Waals surface area contributed by atoms with Gasteiger partial charge in [0.05, 0.1) is 12.3 Å². The van der Waals surface area contributed by atoms with E-state index in [0.717, 1.165) is 4.90 Å². The molecule has 7 N–H and O–H groups in total. The van der Waals surface area contributed by atoms with Crippen LogP contribution in [0.4, 0.5) is 5.69 Å². The lowest BCUT2D eigenvalue weighted by Crippen LogP contribution is -2.60. The third-order valence-electron chi connectivity index (χ3n) is 6.07. The maximum absolute atomic E-state index is 13.0. The first-order chi connectivity index (χ1) is 17.1. The fourth-order valence-corrected chi connectivity index (χ4v) is 4.14. The molecule has 0 radical (unpaired) electrons. The molecule has 6 atom stereocenters. The number of phenols is 2. The number of anilines is 1. The minimum atomic E-state index is -1.74. The van der Waals surface area contributed by atoms with Gasteiger partial charge < -0.3 is 45.2 Å². The van der Waals surface area contributed by atoms with Crippen LogP contribution in [0.25, 0.3) is 6.08 Å². The van der Waals surface area contributed by atoms with E-state index in [1.165, 1.54) is 36.4 Å². The maximum atomic E-state index is 13.0. The number of hydrogen-bond acceptors (Lipinski definition) is 10. The summed E-state index contributed by atoms with van der Waals surface area (Å²) in [6.45, 7) is -0.684. The van der Waals surface area contributed by atoms with Crippen LogP contribution in [0.5, 0.6) is 17.2 Å². The fourth-order valence-electron chi connectivity index (χ4n) is 4.14. The number of fused-ring (bicyclic) bond motifs is 1. The summed E-state index contributed by atoms with van der Waals surface area (Å²) in [5, 5.41) is 69.0. The average Bonchev–Trinajstić information content (AvgIpc) is 3.22. The number of carboxylic acid groups (broad SMARTS) is 1. The average molecular weight is 503 g/mol. The van der Waals surface area contributed by atoms with Crippen LogP contribution in [0.1, 0.15) is 11.1 Å². The second kappa shape index (κ2) is 10.1. The Hall–Kier alpha value is -3.68. The molecule has 12 heteroatoms. The van der Waals surface area contributed by atoms with Crippen LogP contribution in [0, 0.1) is 0 Å². The zero-order chi connectivity index (χ0) is 26.1. The lowest BCUT2D eigenvalue weighted by molar-refractivity contribution is -0.277. The molecule has 0 unspecified atom stereocenters. The van der Waals surface area contributed by atoms with Gasteiger partial charge in [0.1, 0.15) is 36.2 Å². The van der Waals surface area contributed by atoms with Gasteiger partial charge in [-0.15, -0.1) is 0 Å². The van der Waals surface area contributed by atoms with Crippen LogP contribution in [0.2, 0.25) is 0 Å². The van der Waals surface area contributed by atoms with Gasteiger partial charge in [0, 0.05) is 18.6 Å². The molecule has 36 heavy (non-hydrogen) atoms. The van der Waals surface area contributed by atoms with Gasteiger partial charge in [0.2, 0.25) is 6.29 Å². The van der Waals surface area contributed by atoms with E-state index in [1.807, 2.05) is 0 Å². The molecule has 0 spiro atoms. The summed E-state index contributed by atoms with van der Waals surface area (Å²) in [5.41, 5.74) is 1.08. The molecule has 0 bridgehead atoms. The van der Waals surface area contributed by atoms with E-state index in [4.69, 9.17) is 9.47 Å². The SMILES string of the molecule is O=C(O)[C@@H]1Cc2cc(O)c(O[C@@H]3O[C@H](CO)[C@@H](O)[C@H](O)[C@H]3O)cc2N1C(=O)C=Cc1ccc(O)cc1. The number of phenolic OH excluding ortho intramolecular Hbond substituents is 2. The molecule has 2 aliphatic rings. The topological polar surface area (TPSA) is 197 Å². The van der Waals surface area contributed by atoms with Crippen LogP contribution in [0.15, 0.2) is 42.5 Å². The molecule has 12 nitrogen and oxygen atoms in total. The minimum Gasteiger partial charge on any atom is -0.508 e. The largest absolute Gasteiger partial charge is 0.508 e. The smallest absolute Gasteiger partial charge is 0.327 e. The fraction of sp³-hybridized carbons (Fsp3) is 0.333. The number of aliphatic hydroxyl groups is 4. The normalized spacial score (nSPS) is 27.7. The summed E-state index contributed by atoms with van der Waals surface area (Å²) >= 11 is 0. The Balaban J connectivity index is 1.63. The highest BCUT2D eigenvalue weighted by molar-refractivity contribution is 6.09. The monoisotopic (exact) mass is 503 g/mol. The molecular formula is C24H25NO11. The number of carbonyl (C=O) groups is 2. The highest BCUT2D eigenvalue weighted by Crippen LogP contribution is 2.41. The summed E-state index contributed by atoms with van der Waals surface area (Å²) in [7, 11) is 0. The van der Waals surface area contributed by atoms with E-state index >= 15 is 0 Å². The lowest BCUT2D eigenvalue weighted by Gasteiger charge is -2.39. The van der Waals surface area contributed by atoms with Gasteiger partial charge in [-0.2, -0.15) is 0 Å². The van der Waals surface area contributed by atoms with Gasteiger partial charge in [-0.3, -0.25) is 9.69 Å². The molecule has 192 valence electrons. The Labute approximate surface area is 204 Å². The van der Waals surface area contributed by atoms with Crippen molar-refractivity contribution in [3.63, 3.8) is 0 Å². The number of hydrogen-bond donors (Lipinski definition) is 7. The van der Waals surface area contributed by atoms with Gasteiger partial charge in [-0.05, 0) is 35.4 Å². The number of benzene rings is 2. The first-order valence-electron chi connectivity index (χ1n) is 11.0. The molecule has 2 aromatic rings. The van der Waals surface area contributed by atoms with Gasteiger partial charge in [0.25, 0.3) is 5.91 Å². The standard InChI is InChI=1S/C24H25NO11/c26-10-18-20(30)21(31)22(32)24(36-18)35-17-9-14-12(8-16(17)28)7-15(23(33)34)25(14)19(29)6-3-11-1-4-13(27)5-2-11/h1-6,8-9,15,18,20-22,24,26-28,30-32H,7,10H2,(H,33,34)/t15-,18+,20+,21-,22+,24+/m0/s1. The third kappa shape index (κ3) is 4.85. The molecule has 0 saturated carbocycles.